The van der Waals surface area contributed by atoms with Crippen LogP contribution in [0.1, 0.15) is 31.2 Å². The van der Waals surface area contributed by atoms with Crippen molar-refractivity contribution in [3.63, 3.8) is 0 Å². The van der Waals surface area contributed by atoms with E-state index in [0.717, 1.165) is 44.2 Å². The molecule has 4 heteroatoms. The molecule has 2 fully saturated rings. The van der Waals surface area contributed by atoms with Crippen LogP contribution >= 0.6 is 0 Å². The maximum Gasteiger partial charge on any atom is 0.142 e. The van der Waals surface area contributed by atoms with Crippen molar-refractivity contribution < 1.29 is 9.47 Å². The van der Waals surface area contributed by atoms with Gasteiger partial charge in [0.15, 0.2) is 0 Å². The standard InChI is InChI=1S/C25H34N2O2/c1-20-11-13-22(14-12-20)29-24-9-5-3-7-21(24)19-26-15-17-27(18-16-26)23-8-4-6-10-25(23)28-2/h4,6,8,10-14,21,24H,3,5,7,9,15-19H2,1-2H3. The predicted octanol–water partition coefficient (Wildman–Crippen LogP) is 4.76. The molecule has 2 aromatic rings. The lowest BCUT2D eigenvalue weighted by Gasteiger charge is -2.40. The molecule has 0 aromatic heterocycles. The molecule has 2 aromatic carbocycles. The molecule has 0 N–H and O–H groups in total. The fourth-order valence-corrected chi connectivity index (χ4v) is 4.72. The lowest BCUT2D eigenvalue weighted by Crippen LogP contribution is -2.49. The maximum absolute atomic E-state index is 6.43. The van der Waals surface area contributed by atoms with Gasteiger partial charge >= 0.3 is 0 Å². The van der Waals surface area contributed by atoms with Crippen LogP contribution in [0.25, 0.3) is 0 Å². The van der Waals surface area contributed by atoms with E-state index in [2.05, 4.69) is 59.2 Å². The molecule has 4 rings (SSSR count). The monoisotopic (exact) mass is 394 g/mol. The van der Waals surface area contributed by atoms with Gasteiger partial charge in [-0.05, 0) is 50.5 Å². The maximum atomic E-state index is 6.43. The topological polar surface area (TPSA) is 24.9 Å². The quantitative estimate of drug-likeness (QED) is 0.705. The van der Waals surface area contributed by atoms with Gasteiger partial charge in [-0.1, -0.05) is 36.2 Å². The summed E-state index contributed by atoms with van der Waals surface area (Å²) in [5.41, 5.74) is 2.50. The first-order valence-electron chi connectivity index (χ1n) is 11.1. The summed E-state index contributed by atoms with van der Waals surface area (Å²) >= 11 is 0. The Kier molecular flexibility index (Phi) is 6.60. The van der Waals surface area contributed by atoms with Crippen molar-refractivity contribution >= 4 is 5.69 Å². The highest BCUT2D eigenvalue weighted by molar-refractivity contribution is 5.58. The molecule has 1 saturated carbocycles. The molecule has 1 saturated heterocycles. The fraction of sp³-hybridized carbons (Fsp3) is 0.520. The Morgan fingerprint density at radius 2 is 1.62 bits per heavy atom. The van der Waals surface area contributed by atoms with Gasteiger partial charge in [-0.25, -0.2) is 0 Å². The summed E-state index contributed by atoms with van der Waals surface area (Å²) in [6, 6.07) is 16.9. The molecule has 2 atom stereocenters. The van der Waals surface area contributed by atoms with Crippen LogP contribution in [-0.4, -0.2) is 50.8 Å². The summed E-state index contributed by atoms with van der Waals surface area (Å²) in [4.78, 5) is 5.09. The molecule has 1 aliphatic carbocycles. The van der Waals surface area contributed by atoms with Crippen molar-refractivity contribution in [1.29, 1.82) is 0 Å². The lowest BCUT2D eigenvalue weighted by molar-refractivity contribution is 0.0637. The number of anilines is 1. The van der Waals surface area contributed by atoms with Gasteiger partial charge in [-0.2, -0.15) is 0 Å². The number of methoxy groups -OCH3 is 1. The minimum atomic E-state index is 0.346. The minimum absolute atomic E-state index is 0.346. The normalized spacial score (nSPS) is 23.0. The number of para-hydroxylation sites is 2. The van der Waals surface area contributed by atoms with Crippen molar-refractivity contribution in [3.8, 4) is 11.5 Å². The SMILES string of the molecule is COc1ccccc1N1CCN(CC2CCCCC2Oc2ccc(C)cc2)CC1. The van der Waals surface area contributed by atoms with Gasteiger partial charge in [0.1, 0.15) is 17.6 Å². The summed E-state index contributed by atoms with van der Waals surface area (Å²) in [6.45, 7) is 7.58. The van der Waals surface area contributed by atoms with E-state index in [0.29, 0.717) is 12.0 Å². The van der Waals surface area contributed by atoms with E-state index in [4.69, 9.17) is 9.47 Å². The number of hydrogen-bond acceptors (Lipinski definition) is 4. The van der Waals surface area contributed by atoms with E-state index in [-0.39, 0.29) is 0 Å². The van der Waals surface area contributed by atoms with Crippen molar-refractivity contribution in [3.05, 3.63) is 54.1 Å². The summed E-state index contributed by atoms with van der Waals surface area (Å²) in [7, 11) is 1.76. The largest absolute Gasteiger partial charge is 0.495 e. The average Bonchev–Trinajstić information content (AvgIpc) is 2.77. The smallest absolute Gasteiger partial charge is 0.142 e. The van der Waals surface area contributed by atoms with Crippen molar-refractivity contribution in [2.75, 3.05) is 44.7 Å². The van der Waals surface area contributed by atoms with Crippen LogP contribution in [0.15, 0.2) is 48.5 Å². The van der Waals surface area contributed by atoms with Crippen LogP contribution in [0.2, 0.25) is 0 Å². The van der Waals surface area contributed by atoms with Crippen molar-refractivity contribution in [2.45, 2.75) is 38.7 Å². The van der Waals surface area contributed by atoms with E-state index in [9.17, 15) is 0 Å². The fourth-order valence-electron chi connectivity index (χ4n) is 4.72. The highest BCUT2D eigenvalue weighted by Gasteiger charge is 2.30. The Morgan fingerprint density at radius 1 is 0.897 bits per heavy atom. The van der Waals surface area contributed by atoms with Gasteiger partial charge in [0.25, 0.3) is 0 Å². The molecule has 2 unspecified atom stereocenters. The third-order valence-corrected chi connectivity index (χ3v) is 6.44. The first-order chi connectivity index (χ1) is 14.2. The molecule has 156 valence electrons. The molecule has 4 nitrogen and oxygen atoms in total. The number of benzene rings is 2. The van der Waals surface area contributed by atoms with Gasteiger partial charge in [-0.3, -0.25) is 4.90 Å². The molecular formula is C25H34N2O2. The first kappa shape index (κ1) is 20.1. The molecule has 1 aliphatic heterocycles. The predicted molar refractivity (Wildman–Crippen MR) is 119 cm³/mol. The van der Waals surface area contributed by atoms with Gasteiger partial charge in [0.05, 0.1) is 12.8 Å². The number of ether oxygens (including phenoxy) is 2. The van der Waals surface area contributed by atoms with Crippen LogP contribution in [-0.2, 0) is 0 Å². The van der Waals surface area contributed by atoms with Crippen LogP contribution in [0.3, 0.4) is 0 Å². The third-order valence-electron chi connectivity index (χ3n) is 6.44. The Morgan fingerprint density at radius 3 is 2.38 bits per heavy atom. The zero-order chi connectivity index (χ0) is 20.1. The second kappa shape index (κ2) is 9.53. The zero-order valence-corrected chi connectivity index (χ0v) is 17.8. The van der Waals surface area contributed by atoms with Gasteiger partial charge < -0.3 is 14.4 Å². The summed E-state index contributed by atoms with van der Waals surface area (Å²) < 4.78 is 12.0. The second-order valence-electron chi connectivity index (χ2n) is 8.47. The molecule has 0 radical (unpaired) electrons. The molecule has 29 heavy (non-hydrogen) atoms. The van der Waals surface area contributed by atoms with E-state index in [1.165, 1.54) is 36.9 Å². The highest BCUT2D eigenvalue weighted by atomic mass is 16.5. The third kappa shape index (κ3) is 5.05. The number of aryl methyl sites for hydroxylation is 1. The number of hydrogen-bond donors (Lipinski definition) is 0. The van der Waals surface area contributed by atoms with Crippen LogP contribution in [0, 0.1) is 12.8 Å². The highest BCUT2D eigenvalue weighted by Crippen LogP contribution is 2.31. The van der Waals surface area contributed by atoms with Crippen molar-refractivity contribution in [1.82, 2.24) is 4.90 Å². The van der Waals surface area contributed by atoms with E-state index in [1.54, 1.807) is 7.11 Å². The molecule has 0 bridgehead atoms. The van der Waals surface area contributed by atoms with Crippen LogP contribution < -0.4 is 14.4 Å². The molecule has 1 heterocycles. The molecular weight excluding hydrogens is 360 g/mol. The minimum Gasteiger partial charge on any atom is -0.495 e. The Balaban J connectivity index is 1.33. The average molecular weight is 395 g/mol. The summed E-state index contributed by atoms with van der Waals surface area (Å²) in [5.74, 6) is 2.62. The van der Waals surface area contributed by atoms with Gasteiger partial charge in [-0.15, -0.1) is 0 Å². The summed E-state index contributed by atoms with van der Waals surface area (Å²) in [5, 5.41) is 0. The van der Waals surface area contributed by atoms with Crippen LogP contribution in [0.5, 0.6) is 11.5 Å². The number of piperazine rings is 1. The van der Waals surface area contributed by atoms with E-state index >= 15 is 0 Å². The Bertz CT molecular complexity index is 769. The Hall–Kier alpha value is -2.20. The van der Waals surface area contributed by atoms with Gasteiger partial charge in [0, 0.05) is 38.6 Å². The molecule has 0 spiro atoms. The number of nitrogens with zero attached hydrogens (tertiary/aromatic N) is 2. The van der Waals surface area contributed by atoms with E-state index < -0.39 is 0 Å². The van der Waals surface area contributed by atoms with Crippen LogP contribution in [0.4, 0.5) is 5.69 Å². The first-order valence-corrected chi connectivity index (χ1v) is 11.1. The molecule has 2 aliphatic rings. The second-order valence-corrected chi connectivity index (χ2v) is 8.47. The van der Waals surface area contributed by atoms with E-state index in [1.807, 2.05) is 6.07 Å². The zero-order valence-electron chi connectivity index (χ0n) is 17.8. The molecule has 0 amide bonds. The number of rotatable bonds is 6. The van der Waals surface area contributed by atoms with Crippen molar-refractivity contribution in [2.24, 2.45) is 5.92 Å². The Labute approximate surface area is 175 Å². The summed E-state index contributed by atoms with van der Waals surface area (Å²) in [6.07, 6.45) is 5.43. The lowest BCUT2D eigenvalue weighted by atomic mass is 9.85. The van der Waals surface area contributed by atoms with Gasteiger partial charge in [0.2, 0.25) is 0 Å².